The number of hydrogen-bond acceptors (Lipinski definition) is 4. The Morgan fingerprint density at radius 1 is 1.62 bits per heavy atom. The van der Waals surface area contributed by atoms with E-state index in [2.05, 4.69) is 0 Å². The van der Waals surface area contributed by atoms with Crippen molar-refractivity contribution in [1.29, 1.82) is 0 Å². The summed E-state index contributed by atoms with van der Waals surface area (Å²) in [5.41, 5.74) is 0. The molecule has 0 radical (unpaired) electrons. The van der Waals surface area contributed by atoms with Crippen LogP contribution in [0.2, 0.25) is 0 Å². The van der Waals surface area contributed by atoms with Gasteiger partial charge in [0.2, 0.25) is 15.9 Å². The van der Waals surface area contributed by atoms with Gasteiger partial charge in [-0.3, -0.25) is 4.79 Å². The maximum Gasteiger partial charge on any atom is 0.223 e. The van der Waals surface area contributed by atoms with Crippen LogP contribution in [-0.2, 0) is 14.8 Å². The fourth-order valence-corrected chi connectivity index (χ4v) is 2.93. The van der Waals surface area contributed by atoms with E-state index in [0.29, 0.717) is 13.0 Å². The van der Waals surface area contributed by atoms with Crippen LogP contribution in [0, 0.1) is 5.92 Å². The normalized spacial score (nSPS) is 23.8. The Labute approximate surface area is 95.5 Å². The van der Waals surface area contributed by atoms with Crippen molar-refractivity contribution in [3.63, 3.8) is 0 Å². The quantitative estimate of drug-likeness (QED) is 0.646. The van der Waals surface area contributed by atoms with E-state index in [1.54, 1.807) is 4.90 Å². The van der Waals surface area contributed by atoms with Gasteiger partial charge in [-0.15, -0.1) is 0 Å². The molecule has 0 saturated carbocycles. The molecule has 0 spiro atoms. The molecule has 1 aliphatic heterocycles. The molecule has 1 unspecified atom stereocenters. The number of nitrogens with two attached hydrogens (primary N) is 1. The average molecular weight is 250 g/mol. The number of carbonyl (C=O) groups excluding carboxylic acids is 1. The van der Waals surface area contributed by atoms with Crippen molar-refractivity contribution in [3.05, 3.63) is 0 Å². The molecule has 0 aromatic carbocycles. The van der Waals surface area contributed by atoms with Gasteiger partial charge in [-0.1, -0.05) is 6.92 Å². The summed E-state index contributed by atoms with van der Waals surface area (Å²) in [6.07, 6.45) is 0.858. The van der Waals surface area contributed by atoms with Crippen LogP contribution < -0.4 is 5.14 Å². The molecular formula is C9H18N2O4S. The minimum Gasteiger partial charge on any atom is -0.394 e. The summed E-state index contributed by atoms with van der Waals surface area (Å²) >= 11 is 0. The van der Waals surface area contributed by atoms with Crippen LogP contribution in [0.4, 0.5) is 0 Å². The Morgan fingerprint density at radius 3 is 2.69 bits per heavy atom. The van der Waals surface area contributed by atoms with Gasteiger partial charge in [-0.05, 0) is 6.42 Å². The Balaban J connectivity index is 2.63. The van der Waals surface area contributed by atoms with Crippen LogP contribution in [0.3, 0.4) is 0 Å². The summed E-state index contributed by atoms with van der Waals surface area (Å²) in [5.74, 6) is -0.519. The van der Waals surface area contributed by atoms with Crippen LogP contribution >= 0.6 is 0 Å². The fraction of sp³-hybridized carbons (Fsp3) is 0.889. The molecule has 0 aliphatic carbocycles. The van der Waals surface area contributed by atoms with Crippen molar-refractivity contribution < 1.29 is 18.3 Å². The molecule has 6 nitrogen and oxygen atoms in total. The molecule has 1 aliphatic rings. The van der Waals surface area contributed by atoms with Crippen LogP contribution in [-0.4, -0.2) is 49.3 Å². The number of amides is 1. The summed E-state index contributed by atoms with van der Waals surface area (Å²) in [5, 5.41) is 14.0. The van der Waals surface area contributed by atoms with Crippen molar-refractivity contribution >= 4 is 15.9 Å². The van der Waals surface area contributed by atoms with Gasteiger partial charge >= 0.3 is 0 Å². The van der Waals surface area contributed by atoms with Crippen molar-refractivity contribution in [2.24, 2.45) is 11.1 Å². The first-order valence-corrected chi connectivity index (χ1v) is 6.99. The van der Waals surface area contributed by atoms with E-state index in [4.69, 9.17) is 10.2 Å². The Bertz CT molecular complexity index is 351. The lowest BCUT2D eigenvalue weighted by molar-refractivity contribution is -0.130. The number of carbonyl (C=O) groups is 1. The SMILES string of the molecule is CC[C@@H](CO)N1CC(CS(N)(=O)=O)CC1=O. The van der Waals surface area contributed by atoms with Gasteiger partial charge in [0.05, 0.1) is 18.4 Å². The van der Waals surface area contributed by atoms with E-state index in [9.17, 15) is 13.2 Å². The van der Waals surface area contributed by atoms with E-state index in [1.807, 2.05) is 6.92 Å². The van der Waals surface area contributed by atoms with E-state index >= 15 is 0 Å². The summed E-state index contributed by atoms with van der Waals surface area (Å²) in [4.78, 5) is 13.2. The van der Waals surface area contributed by atoms with Crippen molar-refractivity contribution in [3.8, 4) is 0 Å². The number of aliphatic hydroxyl groups excluding tert-OH is 1. The summed E-state index contributed by atoms with van der Waals surface area (Å²) in [7, 11) is -3.53. The molecule has 1 fully saturated rings. The molecule has 0 aromatic rings. The zero-order valence-corrected chi connectivity index (χ0v) is 10.1. The highest BCUT2D eigenvalue weighted by atomic mass is 32.2. The average Bonchev–Trinajstić information content (AvgIpc) is 2.46. The summed E-state index contributed by atoms with van der Waals surface area (Å²) in [6, 6.07) is -0.210. The molecule has 1 amide bonds. The number of likely N-dealkylation sites (tertiary alicyclic amines) is 1. The van der Waals surface area contributed by atoms with E-state index in [-0.39, 0.29) is 36.6 Å². The number of nitrogens with zero attached hydrogens (tertiary/aromatic N) is 1. The molecule has 7 heteroatoms. The maximum atomic E-state index is 11.6. The van der Waals surface area contributed by atoms with E-state index in [0.717, 1.165) is 0 Å². The molecule has 1 rings (SSSR count). The van der Waals surface area contributed by atoms with Gasteiger partial charge in [-0.2, -0.15) is 0 Å². The number of aliphatic hydroxyl groups is 1. The molecule has 2 atom stereocenters. The highest BCUT2D eigenvalue weighted by Gasteiger charge is 2.34. The highest BCUT2D eigenvalue weighted by Crippen LogP contribution is 2.22. The van der Waals surface area contributed by atoms with Gasteiger partial charge < -0.3 is 10.0 Å². The topological polar surface area (TPSA) is 101 Å². The molecule has 94 valence electrons. The second-order valence-corrected chi connectivity index (χ2v) is 5.85. The predicted octanol–water partition coefficient (Wildman–Crippen LogP) is -1.11. The first-order chi connectivity index (χ1) is 7.37. The number of primary sulfonamides is 1. The highest BCUT2D eigenvalue weighted by molar-refractivity contribution is 7.89. The summed E-state index contributed by atoms with van der Waals surface area (Å²) < 4.78 is 21.8. The van der Waals surface area contributed by atoms with Crippen molar-refractivity contribution in [2.45, 2.75) is 25.8 Å². The zero-order chi connectivity index (χ0) is 12.3. The second-order valence-electron chi connectivity index (χ2n) is 4.19. The lowest BCUT2D eigenvalue weighted by Crippen LogP contribution is -2.39. The third-order valence-corrected chi connectivity index (χ3v) is 3.77. The zero-order valence-electron chi connectivity index (χ0n) is 9.30. The number of sulfonamides is 1. The third kappa shape index (κ3) is 3.43. The Morgan fingerprint density at radius 2 is 2.25 bits per heavy atom. The standard InChI is InChI=1S/C9H18N2O4S/c1-2-8(5-12)11-4-7(3-9(11)13)6-16(10,14)15/h7-8,12H,2-6H2,1H3,(H2,10,14,15)/t7?,8-/m0/s1. The number of hydrogen-bond donors (Lipinski definition) is 2. The monoisotopic (exact) mass is 250 g/mol. The van der Waals surface area contributed by atoms with Gasteiger partial charge in [0.25, 0.3) is 0 Å². The Hall–Kier alpha value is -0.660. The van der Waals surface area contributed by atoms with Crippen LogP contribution in [0.5, 0.6) is 0 Å². The minimum absolute atomic E-state index is 0.0929. The second kappa shape index (κ2) is 5.11. The van der Waals surface area contributed by atoms with E-state index in [1.165, 1.54) is 0 Å². The Kier molecular flexibility index (Phi) is 4.28. The summed E-state index contributed by atoms with van der Waals surface area (Å²) in [6.45, 7) is 2.15. The van der Waals surface area contributed by atoms with Gasteiger partial charge in [-0.25, -0.2) is 13.6 Å². The molecule has 1 heterocycles. The first-order valence-electron chi connectivity index (χ1n) is 5.28. The van der Waals surface area contributed by atoms with E-state index < -0.39 is 10.0 Å². The smallest absolute Gasteiger partial charge is 0.223 e. The van der Waals surface area contributed by atoms with Crippen LogP contribution in [0.25, 0.3) is 0 Å². The molecule has 16 heavy (non-hydrogen) atoms. The van der Waals surface area contributed by atoms with Crippen LogP contribution in [0.1, 0.15) is 19.8 Å². The molecular weight excluding hydrogens is 232 g/mol. The van der Waals surface area contributed by atoms with Gasteiger partial charge in [0.1, 0.15) is 0 Å². The van der Waals surface area contributed by atoms with Gasteiger partial charge in [0.15, 0.2) is 0 Å². The molecule has 3 N–H and O–H groups in total. The molecule has 1 saturated heterocycles. The maximum absolute atomic E-state index is 11.6. The lowest BCUT2D eigenvalue weighted by atomic mass is 10.1. The molecule has 0 bridgehead atoms. The predicted molar refractivity (Wildman–Crippen MR) is 59.0 cm³/mol. The van der Waals surface area contributed by atoms with Crippen molar-refractivity contribution in [2.75, 3.05) is 18.9 Å². The third-order valence-electron chi connectivity index (χ3n) is 2.83. The first kappa shape index (κ1) is 13.4. The van der Waals surface area contributed by atoms with Crippen LogP contribution in [0.15, 0.2) is 0 Å². The molecule has 0 aromatic heterocycles. The fourth-order valence-electron chi connectivity index (χ4n) is 2.05. The van der Waals surface area contributed by atoms with Gasteiger partial charge in [0, 0.05) is 18.9 Å². The van der Waals surface area contributed by atoms with Crippen molar-refractivity contribution in [1.82, 2.24) is 4.90 Å². The lowest BCUT2D eigenvalue weighted by Gasteiger charge is -2.25. The number of rotatable bonds is 5. The largest absolute Gasteiger partial charge is 0.394 e. The minimum atomic E-state index is -3.53.